The van der Waals surface area contributed by atoms with Crippen LogP contribution in [0.5, 0.6) is 5.75 Å². The van der Waals surface area contributed by atoms with Crippen LogP contribution in [0.15, 0.2) is 24.3 Å². The molecule has 0 amide bonds. The maximum absolute atomic E-state index is 10.3. The van der Waals surface area contributed by atoms with Gasteiger partial charge in [0.05, 0.1) is 0 Å². The Morgan fingerprint density at radius 1 is 1.11 bits per heavy atom. The molecule has 1 unspecified atom stereocenters. The monoisotopic (exact) mass is 286 g/mol. The van der Waals surface area contributed by atoms with Crippen LogP contribution in [0.2, 0.25) is 0 Å². The van der Waals surface area contributed by atoms with Gasteiger partial charge in [0.25, 0.3) is 0 Å². The van der Waals surface area contributed by atoms with Crippen LogP contribution in [-0.2, 0) is 21.1 Å². The molecule has 0 fully saturated rings. The van der Waals surface area contributed by atoms with Crippen molar-refractivity contribution in [2.45, 2.75) is 46.5 Å². The van der Waals surface area contributed by atoms with Gasteiger partial charge in [-0.2, -0.15) is 4.21 Å². The van der Waals surface area contributed by atoms with Crippen LogP contribution in [0.25, 0.3) is 0 Å². The fraction of sp³-hybridized carbons (Fsp3) is 0.571. The minimum Gasteiger partial charge on any atom is -0.321 e. The molecule has 0 bridgehead atoms. The largest absolute Gasteiger partial charge is 0.340 e. The molecule has 1 atom stereocenters. The zero-order valence-electron chi connectivity index (χ0n) is 12.1. The first kappa shape index (κ1) is 16.1. The molecule has 5 heteroatoms. The highest BCUT2D eigenvalue weighted by Gasteiger charge is 2.27. The summed E-state index contributed by atoms with van der Waals surface area (Å²) >= 11 is -2.42. The molecule has 0 saturated heterocycles. The Bertz CT molecular complexity index is 432. The van der Waals surface area contributed by atoms with E-state index in [1.54, 1.807) is 12.1 Å². The van der Waals surface area contributed by atoms with Gasteiger partial charge in [-0.05, 0) is 34.9 Å². The normalized spacial score (nSPS) is 14.2. The Balaban J connectivity index is 2.77. The van der Waals surface area contributed by atoms with Gasteiger partial charge in [-0.25, -0.2) is 0 Å². The standard InChI is InChI=1S/C14H22O4S/c1-13(2,3)10-14(4,5)11-6-8-12(9-7-11)17-18-19(15)16/h6-9H,10H2,1-5H3,(H,15,16). The summed E-state index contributed by atoms with van der Waals surface area (Å²) in [4.78, 5) is 4.69. The van der Waals surface area contributed by atoms with Gasteiger partial charge in [-0.1, -0.05) is 51.1 Å². The summed E-state index contributed by atoms with van der Waals surface area (Å²) in [6.45, 7) is 11.1. The van der Waals surface area contributed by atoms with E-state index in [1.807, 2.05) is 12.1 Å². The van der Waals surface area contributed by atoms with Crippen LogP contribution < -0.4 is 4.89 Å². The third-order valence-electron chi connectivity index (χ3n) is 2.80. The fourth-order valence-electron chi connectivity index (χ4n) is 2.46. The van der Waals surface area contributed by atoms with Crippen LogP contribution in [0.3, 0.4) is 0 Å². The third-order valence-corrected chi connectivity index (χ3v) is 2.98. The highest BCUT2D eigenvalue weighted by Crippen LogP contribution is 2.36. The summed E-state index contributed by atoms with van der Waals surface area (Å²) in [6, 6.07) is 7.36. The summed E-state index contributed by atoms with van der Waals surface area (Å²) in [7, 11) is 0. The second-order valence-corrected chi connectivity index (χ2v) is 7.08. The third kappa shape index (κ3) is 5.72. The van der Waals surface area contributed by atoms with Gasteiger partial charge >= 0.3 is 11.4 Å². The lowest BCUT2D eigenvalue weighted by Gasteiger charge is -2.33. The predicted molar refractivity (Wildman–Crippen MR) is 76.0 cm³/mol. The van der Waals surface area contributed by atoms with E-state index in [0.717, 1.165) is 6.42 Å². The SMILES string of the molecule is CC(C)(C)CC(C)(C)c1ccc(OOS(=O)O)cc1. The van der Waals surface area contributed by atoms with Crippen LogP contribution in [0, 0.1) is 5.41 Å². The zero-order chi connectivity index (χ0) is 14.7. The molecule has 0 aliphatic carbocycles. The average molecular weight is 286 g/mol. The Hall–Kier alpha value is -0.910. The Kier molecular flexibility index (Phi) is 5.12. The van der Waals surface area contributed by atoms with Gasteiger partial charge in [-0.3, -0.25) is 4.55 Å². The molecule has 1 rings (SSSR count). The first-order valence-corrected chi connectivity index (χ1v) is 7.20. The lowest BCUT2D eigenvalue weighted by molar-refractivity contribution is -0.0938. The average Bonchev–Trinajstić information content (AvgIpc) is 2.23. The van der Waals surface area contributed by atoms with Crippen molar-refractivity contribution in [3.63, 3.8) is 0 Å². The van der Waals surface area contributed by atoms with E-state index < -0.39 is 11.4 Å². The first-order valence-electron chi connectivity index (χ1n) is 6.17. The molecule has 0 spiro atoms. The quantitative estimate of drug-likeness (QED) is 0.507. The van der Waals surface area contributed by atoms with Crippen LogP contribution in [0.4, 0.5) is 0 Å². The minimum absolute atomic E-state index is 0.0530. The van der Waals surface area contributed by atoms with Gasteiger partial charge in [0, 0.05) is 0 Å². The fourth-order valence-corrected chi connectivity index (χ4v) is 2.59. The Labute approximate surface area is 117 Å². The van der Waals surface area contributed by atoms with Gasteiger partial charge in [0.2, 0.25) is 0 Å². The summed E-state index contributed by atoms with van der Waals surface area (Å²) in [5.41, 5.74) is 1.49. The van der Waals surface area contributed by atoms with E-state index in [-0.39, 0.29) is 10.8 Å². The van der Waals surface area contributed by atoms with Crippen LogP contribution >= 0.6 is 0 Å². The molecule has 0 aliphatic heterocycles. The van der Waals surface area contributed by atoms with Crippen molar-refractivity contribution in [1.82, 2.24) is 0 Å². The van der Waals surface area contributed by atoms with Gasteiger partial charge in [0.1, 0.15) is 0 Å². The Morgan fingerprint density at radius 2 is 1.63 bits per heavy atom. The molecule has 0 heterocycles. The maximum Gasteiger partial charge on any atom is 0.340 e. The molecular formula is C14H22O4S. The smallest absolute Gasteiger partial charge is 0.321 e. The molecule has 0 saturated carbocycles. The van der Waals surface area contributed by atoms with Gasteiger partial charge in [-0.15, -0.1) is 0 Å². The van der Waals surface area contributed by atoms with E-state index >= 15 is 0 Å². The molecule has 19 heavy (non-hydrogen) atoms. The van der Waals surface area contributed by atoms with Crippen LogP contribution in [-0.4, -0.2) is 8.76 Å². The van der Waals surface area contributed by atoms with Crippen molar-refractivity contribution < 1.29 is 18.0 Å². The van der Waals surface area contributed by atoms with E-state index in [1.165, 1.54) is 5.56 Å². The van der Waals surface area contributed by atoms with E-state index in [4.69, 9.17) is 4.55 Å². The van der Waals surface area contributed by atoms with Crippen molar-refractivity contribution in [1.29, 1.82) is 0 Å². The van der Waals surface area contributed by atoms with Gasteiger partial charge < -0.3 is 4.89 Å². The highest BCUT2D eigenvalue weighted by atomic mass is 32.2. The first-order chi connectivity index (χ1) is 8.60. The van der Waals surface area contributed by atoms with E-state index in [9.17, 15) is 4.21 Å². The minimum atomic E-state index is -2.42. The second kappa shape index (κ2) is 6.03. The number of benzene rings is 1. The molecule has 1 aromatic carbocycles. The van der Waals surface area contributed by atoms with E-state index in [2.05, 4.69) is 43.8 Å². The molecule has 4 nitrogen and oxygen atoms in total. The maximum atomic E-state index is 10.3. The lowest BCUT2D eigenvalue weighted by atomic mass is 9.72. The van der Waals surface area contributed by atoms with Crippen LogP contribution in [0.1, 0.15) is 46.6 Å². The van der Waals surface area contributed by atoms with Crippen molar-refractivity contribution >= 4 is 11.4 Å². The lowest BCUT2D eigenvalue weighted by Crippen LogP contribution is -2.24. The summed E-state index contributed by atoms with van der Waals surface area (Å²) in [5.74, 6) is 0.401. The summed E-state index contributed by atoms with van der Waals surface area (Å²) < 4.78 is 22.9. The second-order valence-electron chi connectivity index (χ2n) is 6.51. The molecule has 108 valence electrons. The molecule has 1 N–H and O–H groups in total. The number of hydrogen-bond donors (Lipinski definition) is 1. The van der Waals surface area contributed by atoms with Crippen molar-refractivity contribution in [2.24, 2.45) is 5.41 Å². The van der Waals surface area contributed by atoms with E-state index in [0.29, 0.717) is 5.75 Å². The highest BCUT2D eigenvalue weighted by molar-refractivity contribution is 7.74. The van der Waals surface area contributed by atoms with Crippen molar-refractivity contribution in [3.05, 3.63) is 29.8 Å². The zero-order valence-corrected chi connectivity index (χ0v) is 12.9. The topological polar surface area (TPSA) is 55.8 Å². The number of rotatable bonds is 5. The predicted octanol–water partition coefficient (Wildman–Crippen LogP) is 3.85. The van der Waals surface area contributed by atoms with Crippen molar-refractivity contribution in [3.8, 4) is 5.75 Å². The van der Waals surface area contributed by atoms with Gasteiger partial charge in [0.15, 0.2) is 5.75 Å². The Morgan fingerprint density at radius 3 is 2.05 bits per heavy atom. The molecule has 0 aliphatic rings. The van der Waals surface area contributed by atoms with Crippen molar-refractivity contribution in [2.75, 3.05) is 0 Å². The summed E-state index contributed by atoms with van der Waals surface area (Å²) in [6.07, 6.45) is 1.05. The molecule has 0 aromatic heterocycles. The molecule has 0 radical (unpaired) electrons. The summed E-state index contributed by atoms with van der Waals surface area (Å²) in [5, 5.41) is 0. The molecular weight excluding hydrogens is 264 g/mol. The number of hydrogen-bond acceptors (Lipinski definition) is 3. The molecule has 1 aromatic rings.